The Kier molecular flexibility index (Phi) is 4.04. The van der Waals surface area contributed by atoms with E-state index >= 15 is 0 Å². The van der Waals surface area contributed by atoms with E-state index in [-0.39, 0.29) is 35.7 Å². The van der Waals surface area contributed by atoms with Crippen LogP contribution in [-0.2, 0) is 4.79 Å². The number of aromatic hydroxyl groups is 1. The number of ether oxygens (including phenoxy) is 5. The van der Waals surface area contributed by atoms with E-state index in [4.69, 9.17) is 23.7 Å². The van der Waals surface area contributed by atoms with Crippen LogP contribution in [0.1, 0.15) is 36.3 Å². The lowest BCUT2D eigenvalue weighted by atomic mass is 9.77. The Bertz CT molecular complexity index is 1030. The molecule has 0 spiro atoms. The van der Waals surface area contributed by atoms with Gasteiger partial charge in [0.15, 0.2) is 28.8 Å². The molecule has 29 heavy (non-hydrogen) atoms. The van der Waals surface area contributed by atoms with Gasteiger partial charge in [-0.15, -0.1) is 0 Å². The number of hydrogen-bond acceptors (Lipinski definition) is 7. The fourth-order valence-electron chi connectivity index (χ4n) is 4.23. The summed E-state index contributed by atoms with van der Waals surface area (Å²) < 4.78 is 27.9. The zero-order valence-electron chi connectivity index (χ0n) is 16.1. The van der Waals surface area contributed by atoms with E-state index < -0.39 is 0 Å². The molecule has 7 heteroatoms. The highest BCUT2D eigenvalue weighted by Crippen LogP contribution is 2.52. The fourth-order valence-corrected chi connectivity index (χ4v) is 4.23. The fraction of sp³-hybridized carbons (Fsp3) is 0.318. The molecule has 1 atom stereocenters. The molecule has 0 fully saturated rings. The maximum absolute atomic E-state index is 12.9. The van der Waals surface area contributed by atoms with Gasteiger partial charge >= 0.3 is 0 Å². The molecule has 0 saturated carbocycles. The Balaban J connectivity index is 1.75. The standard InChI is InChI=1S/C22H20O7/c1-25-18-6-11(7-19(26-2)22(18)24)20-12-8-16-17(28-10-27-16)9-15(12)29-14-5-3-4-13(23)21(14)20/h6-9,20,24H,3-5,10H2,1-2H3. The van der Waals surface area contributed by atoms with Crippen LogP contribution in [0.3, 0.4) is 0 Å². The van der Waals surface area contributed by atoms with Crippen LogP contribution in [0.15, 0.2) is 35.6 Å². The average molecular weight is 396 g/mol. The number of benzene rings is 2. The molecular weight excluding hydrogens is 376 g/mol. The van der Waals surface area contributed by atoms with Gasteiger partial charge in [0.25, 0.3) is 0 Å². The first-order valence-electron chi connectivity index (χ1n) is 9.43. The molecule has 0 radical (unpaired) electrons. The highest BCUT2D eigenvalue weighted by atomic mass is 16.7. The molecule has 0 amide bonds. The molecule has 2 aromatic rings. The van der Waals surface area contributed by atoms with Crippen LogP contribution in [-0.4, -0.2) is 31.9 Å². The van der Waals surface area contributed by atoms with Crippen molar-refractivity contribution in [2.75, 3.05) is 21.0 Å². The van der Waals surface area contributed by atoms with Crippen LogP contribution in [0, 0.1) is 0 Å². The number of Topliss-reactive ketones (excluding diaryl/α,β-unsaturated/α-hetero) is 1. The van der Waals surface area contributed by atoms with Crippen LogP contribution >= 0.6 is 0 Å². The van der Waals surface area contributed by atoms with Gasteiger partial charge in [0.1, 0.15) is 11.5 Å². The Labute approximate surface area is 167 Å². The summed E-state index contributed by atoms with van der Waals surface area (Å²) in [6.07, 6.45) is 1.93. The second-order valence-corrected chi connectivity index (χ2v) is 7.17. The minimum Gasteiger partial charge on any atom is -0.502 e. The third-order valence-electron chi connectivity index (χ3n) is 5.58. The topological polar surface area (TPSA) is 83.5 Å². The molecule has 2 heterocycles. The minimum absolute atomic E-state index is 0.0607. The second kappa shape index (κ2) is 6.62. The van der Waals surface area contributed by atoms with Crippen molar-refractivity contribution in [1.29, 1.82) is 0 Å². The summed E-state index contributed by atoms with van der Waals surface area (Å²) in [7, 11) is 2.95. The smallest absolute Gasteiger partial charge is 0.231 e. The van der Waals surface area contributed by atoms with Crippen LogP contribution in [0.4, 0.5) is 0 Å². The van der Waals surface area contributed by atoms with Crippen LogP contribution < -0.4 is 23.7 Å². The highest BCUT2D eigenvalue weighted by molar-refractivity contribution is 5.99. The van der Waals surface area contributed by atoms with Gasteiger partial charge in [-0.25, -0.2) is 0 Å². The molecule has 0 aromatic heterocycles. The normalized spacial score (nSPS) is 19.4. The lowest BCUT2D eigenvalue weighted by Crippen LogP contribution is -2.25. The molecule has 5 rings (SSSR count). The maximum Gasteiger partial charge on any atom is 0.231 e. The molecule has 0 saturated heterocycles. The van der Waals surface area contributed by atoms with Gasteiger partial charge in [0.05, 0.1) is 14.2 Å². The minimum atomic E-state index is -0.389. The number of allylic oxidation sites excluding steroid dienone is 2. The molecule has 2 aromatic carbocycles. The van der Waals surface area contributed by atoms with Gasteiger partial charge in [-0.3, -0.25) is 4.79 Å². The Morgan fingerprint density at radius 3 is 2.34 bits per heavy atom. The number of fused-ring (bicyclic) bond motifs is 2. The highest BCUT2D eigenvalue weighted by Gasteiger charge is 2.38. The van der Waals surface area contributed by atoms with Gasteiger partial charge in [-0.05, 0) is 30.2 Å². The van der Waals surface area contributed by atoms with Crippen molar-refractivity contribution in [3.8, 4) is 34.5 Å². The predicted octanol–water partition coefficient (Wildman–Crippen LogP) is 3.67. The summed E-state index contributed by atoms with van der Waals surface area (Å²) in [5.41, 5.74) is 2.21. The summed E-state index contributed by atoms with van der Waals surface area (Å²) in [6.45, 7) is 0.149. The largest absolute Gasteiger partial charge is 0.502 e. The molecule has 1 aliphatic carbocycles. The molecule has 2 aliphatic heterocycles. The van der Waals surface area contributed by atoms with Crippen molar-refractivity contribution >= 4 is 5.78 Å². The van der Waals surface area contributed by atoms with Crippen molar-refractivity contribution in [3.63, 3.8) is 0 Å². The van der Waals surface area contributed by atoms with Gasteiger partial charge < -0.3 is 28.8 Å². The molecule has 3 aliphatic rings. The van der Waals surface area contributed by atoms with Crippen molar-refractivity contribution in [3.05, 3.63) is 46.7 Å². The number of ketones is 1. The molecule has 150 valence electrons. The average Bonchev–Trinajstić information content (AvgIpc) is 3.18. The number of methoxy groups -OCH3 is 2. The van der Waals surface area contributed by atoms with Crippen LogP contribution in [0.2, 0.25) is 0 Å². The number of phenolic OH excluding ortho intramolecular Hbond substituents is 1. The monoisotopic (exact) mass is 396 g/mol. The van der Waals surface area contributed by atoms with Crippen molar-refractivity contribution < 1.29 is 33.6 Å². The SMILES string of the molecule is COc1cc(C2C3=C(CCCC3=O)Oc3cc4c(cc32)OCO4)cc(OC)c1O. The summed E-state index contributed by atoms with van der Waals surface area (Å²) in [6, 6.07) is 7.13. The van der Waals surface area contributed by atoms with Gasteiger partial charge in [0, 0.05) is 36.0 Å². The third-order valence-corrected chi connectivity index (χ3v) is 5.58. The van der Waals surface area contributed by atoms with E-state index in [0.717, 1.165) is 17.5 Å². The summed E-state index contributed by atoms with van der Waals surface area (Å²) in [5, 5.41) is 10.3. The van der Waals surface area contributed by atoms with Crippen molar-refractivity contribution in [1.82, 2.24) is 0 Å². The van der Waals surface area contributed by atoms with Crippen molar-refractivity contribution in [2.24, 2.45) is 0 Å². The Morgan fingerprint density at radius 1 is 0.966 bits per heavy atom. The molecule has 0 bridgehead atoms. The van der Waals surface area contributed by atoms with E-state index in [0.29, 0.717) is 41.4 Å². The first kappa shape index (κ1) is 17.7. The molecular formula is C22H20O7. The van der Waals surface area contributed by atoms with Gasteiger partial charge in [-0.1, -0.05) is 0 Å². The predicted molar refractivity (Wildman–Crippen MR) is 102 cm³/mol. The quantitative estimate of drug-likeness (QED) is 0.847. The Morgan fingerprint density at radius 2 is 1.66 bits per heavy atom. The van der Waals surface area contributed by atoms with E-state index in [9.17, 15) is 9.90 Å². The molecule has 1 unspecified atom stereocenters. The number of phenols is 1. The van der Waals surface area contributed by atoms with Gasteiger partial charge in [-0.2, -0.15) is 0 Å². The first-order chi connectivity index (χ1) is 14.1. The zero-order valence-corrected chi connectivity index (χ0v) is 16.1. The lowest BCUT2D eigenvalue weighted by molar-refractivity contribution is -0.116. The van der Waals surface area contributed by atoms with E-state index in [1.165, 1.54) is 14.2 Å². The summed E-state index contributed by atoms with van der Waals surface area (Å²) >= 11 is 0. The van der Waals surface area contributed by atoms with E-state index in [1.807, 2.05) is 12.1 Å². The van der Waals surface area contributed by atoms with Gasteiger partial charge in [0.2, 0.25) is 12.5 Å². The maximum atomic E-state index is 12.9. The second-order valence-electron chi connectivity index (χ2n) is 7.17. The number of hydrogen-bond donors (Lipinski definition) is 1. The zero-order chi connectivity index (χ0) is 20.1. The number of rotatable bonds is 3. The molecule has 1 N–H and O–H groups in total. The number of carbonyl (C=O) groups excluding carboxylic acids is 1. The van der Waals surface area contributed by atoms with E-state index in [1.54, 1.807) is 12.1 Å². The summed E-state index contributed by atoms with van der Waals surface area (Å²) in [4.78, 5) is 12.9. The van der Waals surface area contributed by atoms with Crippen molar-refractivity contribution in [2.45, 2.75) is 25.2 Å². The van der Waals surface area contributed by atoms with E-state index in [2.05, 4.69) is 0 Å². The summed E-state index contributed by atoms with van der Waals surface area (Å²) in [5.74, 6) is 2.70. The molecule has 7 nitrogen and oxygen atoms in total. The lowest BCUT2D eigenvalue weighted by Gasteiger charge is -2.33. The third kappa shape index (κ3) is 2.68. The Hall–Kier alpha value is -3.35. The van der Waals surface area contributed by atoms with Crippen LogP contribution in [0.5, 0.6) is 34.5 Å². The van der Waals surface area contributed by atoms with Crippen LogP contribution in [0.25, 0.3) is 0 Å². The first-order valence-corrected chi connectivity index (χ1v) is 9.43. The number of carbonyl (C=O) groups is 1.